The highest BCUT2D eigenvalue weighted by atomic mass is 79.9. The fourth-order valence-corrected chi connectivity index (χ4v) is 1.66. The van der Waals surface area contributed by atoms with E-state index in [0.717, 1.165) is 5.56 Å². The summed E-state index contributed by atoms with van der Waals surface area (Å²) < 4.78 is 13.3. The Morgan fingerprint density at radius 3 is 2.77 bits per heavy atom. The van der Waals surface area contributed by atoms with Crippen molar-refractivity contribution < 1.29 is 9.50 Å². The van der Waals surface area contributed by atoms with E-state index in [-0.39, 0.29) is 12.4 Å². The van der Waals surface area contributed by atoms with Crippen LogP contribution in [0.2, 0.25) is 5.02 Å². The number of aryl methyl sites for hydroxylation is 1. The zero-order valence-electron chi connectivity index (χ0n) is 6.86. The second-order valence-corrected chi connectivity index (χ2v) is 3.95. The molecule has 0 bridgehead atoms. The van der Waals surface area contributed by atoms with Crippen LogP contribution in [0.1, 0.15) is 12.0 Å². The summed E-state index contributed by atoms with van der Waals surface area (Å²) in [5.74, 6) is -0.363. The van der Waals surface area contributed by atoms with Gasteiger partial charge in [-0.25, -0.2) is 4.39 Å². The monoisotopic (exact) mass is 266 g/mol. The summed E-state index contributed by atoms with van der Waals surface area (Å²) in [4.78, 5) is 0. The molecule has 0 radical (unpaired) electrons. The van der Waals surface area contributed by atoms with Crippen LogP contribution in [0.25, 0.3) is 0 Å². The molecule has 0 aliphatic carbocycles. The van der Waals surface area contributed by atoms with Crippen molar-refractivity contribution in [2.45, 2.75) is 12.8 Å². The molecule has 1 rings (SSSR count). The first-order valence-electron chi connectivity index (χ1n) is 3.89. The minimum Gasteiger partial charge on any atom is -0.396 e. The van der Waals surface area contributed by atoms with E-state index in [0.29, 0.717) is 22.3 Å². The van der Waals surface area contributed by atoms with Crippen molar-refractivity contribution in [3.8, 4) is 0 Å². The minimum absolute atomic E-state index is 0.116. The van der Waals surface area contributed by atoms with Crippen LogP contribution < -0.4 is 0 Å². The lowest BCUT2D eigenvalue weighted by Crippen LogP contribution is -1.92. The molecule has 0 saturated carbocycles. The van der Waals surface area contributed by atoms with E-state index in [1.807, 2.05) is 0 Å². The molecule has 0 unspecified atom stereocenters. The molecule has 0 aliphatic rings. The molecule has 0 spiro atoms. The average molecular weight is 268 g/mol. The maximum atomic E-state index is 12.9. The Kier molecular flexibility index (Phi) is 4.16. The maximum absolute atomic E-state index is 12.9. The molecule has 1 nitrogen and oxygen atoms in total. The van der Waals surface area contributed by atoms with E-state index in [1.165, 1.54) is 6.07 Å². The first kappa shape index (κ1) is 11.0. The van der Waals surface area contributed by atoms with Crippen LogP contribution in [-0.2, 0) is 6.42 Å². The first-order valence-corrected chi connectivity index (χ1v) is 5.06. The third kappa shape index (κ3) is 2.93. The van der Waals surface area contributed by atoms with E-state index < -0.39 is 0 Å². The van der Waals surface area contributed by atoms with E-state index >= 15 is 0 Å². The number of hydrogen-bond acceptors (Lipinski definition) is 1. The van der Waals surface area contributed by atoms with Crippen LogP contribution in [0.15, 0.2) is 16.6 Å². The zero-order chi connectivity index (χ0) is 9.84. The molecule has 72 valence electrons. The summed E-state index contributed by atoms with van der Waals surface area (Å²) in [6.45, 7) is 0.116. The molecule has 13 heavy (non-hydrogen) atoms. The van der Waals surface area contributed by atoms with E-state index in [2.05, 4.69) is 15.9 Å². The number of benzene rings is 1. The van der Waals surface area contributed by atoms with Crippen molar-refractivity contribution in [1.29, 1.82) is 0 Å². The predicted octanol–water partition coefficient (Wildman–Crippen LogP) is 3.17. The fourth-order valence-electron chi connectivity index (χ4n) is 1.02. The van der Waals surface area contributed by atoms with Crippen LogP contribution in [0.5, 0.6) is 0 Å². The van der Waals surface area contributed by atoms with Crippen LogP contribution in [-0.4, -0.2) is 11.7 Å². The van der Waals surface area contributed by atoms with Gasteiger partial charge in [0.15, 0.2) is 0 Å². The number of aliphatic hydroxyl groups is 1. The number of hydrogen-bond donors (Lipinski definition) is 1. The Morgan fingerprint density at radius 2 is 2.15 bits per heavy atom. The molecule has 1 aromatic carbocycles. The van der Waals surface area contributed by atoms with Gasteiger partial charge in [0.2, 0.25) is 0 Å². The summed E-state index contributed by atoms with van der Waals surface area (Å²) in [5, 5.41) is 9.02. The van der Waals surface area contributed by atoms with Gasteiger partial charge in [-0.05, 0) is 46.5 Å². The van der Waals surface area contributed by atoms with Gasteiger partial charge in [0, 0.05) is 11.6 Å². The second kappa shape index (κ2) is 4.94. The summed E-state index contributed by atoms with van der Waals surface area (Å²) >= 11 is 8.87. The third-order valence-electron chi connectivity index (χ3n) is 1.69. The largest absolute Gasteiger partial charge is 0.396 e. The summed E-state index contributed by atoms with van der Waals surface area (Å²) in [6, 6.07) is 2.92. The molecule has 0 heterocycles. The third-order valence-corrected chi connectivity index (χ3v) is 2.65. The Hall–Kier alpha value is -0.120. The lowest BCUT2D eigenvalue weighted by Gasteiger charge is -2.04. The van der Waals surface area contributed by atoms with Crippen molar-refractivity contribution in [2.24, 2.45) is 0 Å². The smallest absolute Gasteiger partial charge is 0.138 e. The van der Waals surface area contributed by atoms with Gasteiger partial charge in [0.25, 0.3) is 0 Å². The van der Waals surface area contributed by atoms with E-state index in [4.69, 9.17) is 16.7 Å². The van der Waals surface area contributed by atoms with Crippen molar-refractivity contribution in [3.63, 3.8) is 0 Å². The number of rotatable bonds is 3. The van der Waals surface area contributed by atoms with Gasteiger partial charge in [-0.3, -0.25) is 0 Å². The molecular formula is C9H9BrClFO. The van der Waals surface area contributed by atoms with Gasteiger partial charge in [0.05, 0.1) is 4.47 Å². The molecule has 0 aliphatic heterocycles. The van der Waals surface area contributed by atoms with Gasteiger partial charge in [-0.15, -0.1) is 0 Å². The van der Waals surface area contributed by atoms with Gasteiger partial charge in [-0.2, -0.15) is 0 Å². The fraction of sp³-hybridized carbons (Fsp3) is 0.333. The average Bonchev–Trinajstić information content (AvgIpc) is 2.09. The highest BCUT2D eigenvalue weighted by Gasteiger charge is 2.05. The zero-order valence-corrected chi connectivity index (χ0v) is 9.20. The molecule has 0 aromatic heterocycles. The molecule has 0 saturated heterocycles. The van der Waals surface area contributed by atoms with E-state index in [1.54, 1.807) is 6.07 Å². The summed E-state index contributed by atoms with van der Waals surface area (Å²) in [6.07, 6.45) is 1.30. The predicted molar refractivity (Wildman–Crippen MR) is 54.5 cm³/mol. The minimum atomic E-state index is -0.363. The molecule has 0 amide bonds. The maximum Gasteiger partial charge on any atom is 0.138 e. The number of halogens is 3. The van der Waals surface area contributed by atoms with Crippen molar-refractivity contribution in [1.82, 2.24) is 0 Å². The normalized spacial score (nSPS) is 10.5. The second-order valence-electron chi connectivity index (χ2n) is 2.68. The Labute approximate surface area is 89.7 Å². The summed E-state index contributed by atoms with van der Waals surface area (Å²) in [7, 11) is 0. The lowest BCUT2D eigenvalue weighted by atomic mass is 10.1. The van der Waals surface area contributed by atoms with Crippen molar-refractivity contribution in [3.05, 3.63) is 33.0 Å². The Bertz CT molecular complexity index is 304. The molecule has 4 heteroatoms. The highest BCUT2D eigenvalue weighted by Crippen LogP contribution is 2.25. The molecule has 1 N–H and O–H groups in total. The lowest BCUT2D eigenvalue weighted by molar-refractivity contribution is 0.288. The van der Waals surface area contributed by atoms with Gasteiger partial charge < -0.3 is 5.11 Å². The van der Waals surface area contributed by atoms with Crippen molar-refractivity contribution in [2.75, 3.05) is 6.61 Å². The van der Waals surface area contributed by atoms with Gasteiger partial charge in [-0.1, -0.05) is 11.6 Å². The molecule has 1 aromatic rings. The molecule has 0 fully saturated rings. The summed E-state index contributed by atoms with van der Waals surface area (Å²) in [5.41, 5.74) is 0.851. The van der Waals surface area contributed by atoms with Crippen molar-refractivity contribution >= 4 is 27.5 Å². The Balaban J connectivity index is 2.88. The molecular weight excluding hydrogens is 258 g/mol. The molecule has 0 atom stereocenters. The Morgan fingerprint density at radius 1 is 1.46 bits per heavy atom. The number of aliphatic hydroxyl groups excluding tert-OH is 1. The van der Waals surface area contributed by atoms with E-state index in [9.17, 15) is 4.39 Å². The van der Waals surface area contributed by atoms with Crippen LogP contribution in [0.4, 0.5) is 4.39 Å². The highest BCUT2D eigenvalue weighted by molar-refractivity contribution is 9.10. The first-order chi connectivity index (χ1) is 6.15. The standard InChI is InChI=1S/C9H9BrClFO/c10-7-4-6(2-1-3-13)8(11)5-9(7)12/h4-5,13H,1-3H2. The SMILES string of the molecule is OCCCc1cc(Br)c(F)cc1Cl. The van der Waals surface area contributed by atoms with Gasteiger partial charge in [0.1, 0.15) is 5.82 Å². The topological polar surface area (TPSA) is 20.2 Å². The quantitative estimate of drug-likeness (QED) is 0.834. The van der Waals surface area contributed by atoms with Gasteiger partial charge >= 0.3 is 0 Å². The van der Waals surface area contributed by atoms with Crippen LogP contribution in [0, 0.1) is 5.82 Å². The van der Waals surface area contributed by atoms with Crippen LogP contribution >= 0.6 is 27.5 Å². The van der Waals surface area contributed by atoms with Crippen LogP contribution in [0.3, 0.4) is 0 Å².